The number of carbonyl (C=O) groups excluding carboxylic acids is 1. The molecule has 28 heavy (non-hydrogen) atoms. The zero-order chi connectivity index (χ0) is 20.1. The number of piperazine rings is 1. The Morgan fingerprint density at radius 1 is 1.11 bits per heavy atom. The number of hydrogen-bond donors (Lipinski definition) is 4. The maximum atomic E-state index is 12.4. The highest BCUT2D eigenvalue weighted by atomic mass is 16.5. The van der Waals surface area contributed by atoms with Gasteiger partial charge in [-0.1, -0.05) is 0 Å². The summed E-state index contributed by atoms with van der Waals surface area (Å²) in [6, 6.07) is 0. The first kappa shape index (κ1) is 21.4. The zero-order valence-corrected chi connectivity index (χ0v) is 16.1. The van der Waals surface area contributed by atoms with Crippen LogP contribution in [0.2, 0.25) is 0 Å². The van der Waals surface area contributed by atoms with Gasteiger partial charge in [0.2, 0.25) is 0 Å². The van der Waals surface area contributed by atoms with E-state index in [9.17, 15) is 20.1 Å². The van der Waals surface area contributed by atoms with E-state index in [2.05, 4.69) is 14.8 Å². The molecule has 0 saturated carbocycles. The van der Waals surface area contributed by atoms with Gasteiger partial charge in [-0.25, -0.2) is 0 Å². The van der Waals surface area contributed by atoms with Crippen molar-refractivity contribution < 1.29 is 30.0 Å². The van der Waals surface area contributed by atoms with Crippen LogP contribution in [-0.2, 0) is 9.53 Å². The second-order valence-corrected chi connectivity index (χ2v) is 7.75. The van der Waals surface area contributed by atoms with E-state index in [1.807, 2.05) is 0 Å². The summed E-state index contributed by atoms with van der Waals surface area (Å²) in [6.45, 7) is 6.00. The van der Waals surface area contributed by atoms with Gasteiger partial charge in [0, 0.05) is 64.2 Å². The molecule has 9 nitrogen and oxygen atoms in total. The first-order valence-corrected chi connectivity index (χ1v) is 9.98. The fourth-order valence-corrected chi connectivity index (χ4v) is 4.09. The summed E-state index contributed by atoms with van der Waals surface area (Å²) in [5.74, 6) is -0.584. The number of carbonyl (C=O) groups is 1. The average Bonchev–Trinajstić information content (AvgIpc) is 3.01. The number of aliphatic hydroxyl groups is 4. The Morgan fingerprint density at radius 3 is 2.36 bits per heavy atom. The topological polar surface area (TPSA) is 126 Å². The van der Waals surface area contributed by atoms with Crippen molar-refractivity contribution in [3.8, 4) is 0 Å². The number of rotatable bonds is 7. The van der Waals surface area contributed by atoms with E-state index in [0.29, 0.717) is 13.1 Å². The SMILES string of the molecule is O=C1CC([C@H]2OC[C@H](O)[C@@H]2O)CC(O)=C1C=NCCN1CCN(CCO)CC1. The molecule has 158 valence electrons. The van der Waals surface area contributed by atoms with Crippen molar-refractivity contribution in [1.82, 2.24) is 9.80 Å². The van der Waals surface area contributed by atoms with Crippen LogP contribution in [0.25, 0.3) is 0 Å². The molecule has 9 heteroatoms. The molecule has 2 aliphatic heterocycles. The number of ether oxygens (including phenoxy) is 1. The van der Waals surface area contributed by atoms with Crippen LogP contribution in [0.4, 0.5) is 0 Å². The third kappa shape index (κ3) is 5.16. The van der Waals surface area contributed by atoms with Gasteiger partial charge < -0.3 is 25.2 Å². The van der Waals surface area contributed by atoms with Crippen LogP contribution < -0.4 is 0 Å². The summed E-state index contributed by atoms with van der Waals surface area (Å²) in [5, 5.41) is 38.8. The molecule has 1 aliphatic carbocycles. The summed E-state index contributed by atoms with van der Waals surface area (Å²) in [4.78, 5) is 21.2. The Hall–Kier alpha value is -1.36. The van der Waals surface area contributed by atoms with Crippen LogP contribution in [0.1, 0.15) is 12.8 Å². The maximum absolute atomic E-state index is 12.4. The predicted molar refractivity (Wildman–Crippen MR) is 102 cm³/mol. The lowest BCUT2D eigenvalue weighted by atomic mass is 9.82. The van der Waals surface area contributed by atoms with E-state index < -0.39 is 18.3 Å². The monoisotopic (exact) mass is 397 g/mol. The Kier molecular flexibility index (Phi) is 7.55. The minimum Gasteiger partial charge on any atom is -0.511 e. The van der Waals surface area contributed by atoms with Gasteiger partial charge in [-0.2, -0.15) is 0 Å². The number of allylic oxidation sites excluding steroid dienone is 2. The molecule has 2 heterocycles. The number of aliphatic hydroxyl groups excluding tert-OH is 4. The lowest BCUT2D eigenvalue weighted by molar-refractivity contribution is -0.118. The van der Waals surface area contributed by atoms with Gasteiger partial charge in [-0.15, -0.1) is 0 Å². The van der Waals surface area contributed by atoms with E-state index in [-0.39, 0.29) is 49.1 Å². The third-order valence-electron chi connectivity index (χ3n) is 5.82. The molecule has 3 aliphatic rings. The molecular formula is C19H31N3O6. The van der Waals surface area contributed by atoms with Gasteiger partial charge in [0.25, 0.3) is 0 Å². The Labute approximate surface area is 164 Å². The van der Waals surface area contributed by atoms with Crippen molar-refractivity contribution >= 4 is 12.0 Å². The summed E-state index contributed by atoms with van der Waals surface area (Å²) >= 11 is 0. The van der Waals surface area contributed by atoms with Gasteiger partial charge in [-0.3, -0.25) is 19.6 Å². The minimum atomic E-state index is -1.03. The van der Waals surface area contributed by atoms with E-state index in [4.69, 9.17) is 9.84 Å². The van der Waals surface area contributed by atoms with E-state index in [1.165, 1.54) is 6.21 Å². The molecule has 0 aromatic rings. The van der Waals surface area contributed by atoms with Gasteiger partial charge >= 0.3 is 0 Å². The van der Waals surface area contributed by atoms with E-state index >= 15 is 0 Å². The second-order valence-electron chi connectivity index (χ2n) is 7.75. The standard InChI is InChI=1S/C19H31N3O6/c23-8-7-22-5-3-21(4-6-22)2-1-20-11-14-15(24)9-13(10-16(14)25)19-18(27)17(26)12-28-19/h11,13,17-19,23-24,26-27H,1-10,12H2/t13?,17-,18-,19+/m0/s1. The molecule has 0 aromatic carbocycles. The third-order valence-corrected chi connectivity index (χ3v) is 5.82. The van der Waals surface area contributed by atoms with Crippen LogP contribution in [-0.4, -0.2) is 120 Å². The fourth-order valence-electron chi connectivity index (χ4n) is 4.09. The minimum absolute atomic E-state index is 0.0280. The normalized spacial score (nSPS) is 33.3. The molecule has 0 aromatic heterocycles. The van der Waals surface area contributed by atoms with Crippen molar-refractivity contribution in [2.24, 2.45) is 10.9 Å². The molecule has 2 saturated heterocycles. The number of hydrogen-bond acceptors (Lipinski definition) is 9. The Balaban J connectivity index is 1.46. The van der Waals surface area contributed by atoms with E-state index in [0.717, 1.165) is 32.7 Å². The number of Topliss-reactive ketones (excluding diaryl/α,β-unsaturated/α-hetero) is 1. The second kappa shape index (κ2) is 9.91. The maximum Gasteiger partial charge on any atom is 0.168 e. The Morgan fingerprint density at radius 2 is 1.79 bits per heavy atom. The number of aliphatic imine (C=N–C) groups is 1. The molecule has 0 spiro atoms. The fraction of sp³-hybridized carbons (Fsp3) is 0.789. The lowest BCUT2D eigenvalue weighted by Crippen LogP contribution is -2.47. The van der Waals surface area contributed by atoms with Gasteiger partial charge in [-0.05, 0) is 0 Å². The molecule has 2 fully saturated rings. The molecular weight excluding hydrogens is 366 g/mol. The molecule has 4 atom stereocenters. The molecule has 0 amide bonds. The number of β-amino-alcohol motifs (C(OH)–C–C–N with tert-alkyl or cyclic N) is 1. The Bertz CT molecular complexity index is 602. The van der Waals surface area contributed by atoms with Crippen molar-refractivity contribution in [2.75, 3.05) is 59.0 Å². The van der Waals surface area contributed by atoms with Crippen LogP contribution in [0.5, 0.6) is 0 Å². The smallest absolute Gasteiger partial charge is 0.168 e. The lowest BCUT2D eigenvalue weighted by Gasteiger charge is -2.33. The predicted octanol–water partition coefficient (Wildman–Crippen LogP) is -1.42. The molecule has 1 unspecified atom stereocenters. The highest BCUT2D eigenvalue weighted by Gasteiger charge is 2.42. The summed E-state index contributed by atoms with van der Waals surface area (Å²) in [7, 11) is 0. The van der Waals surface area contributed by atoms with Gasteiger partial charge in [0.15, 0.2) is 5.78 Å². The number of nitrogens with zero attached hydrogens (tertiary/aromatic N) is 3. The summed E-state index contributed by atoms with van der Waals surface area (Å²) in [6.07, 6.45) is -0.764. The van der Waals surface area contributed by atoms with Crippen molar-refractivity contribution in [3.63, 3.8) is 0 Å². The quantitative estimate of drug-likeness (QED) is 0.386. The molecule has 0 radical (unpaired) electrons. The first-order chi connectivity index (χ1) is 13.5. The molecule has 0 bridgehead atoms. The van der Waals surface area contributed by atoms with Crippen molar-refractivity contribution in [3.05, 3.63) is 11.3 Å². The van der Waals surface area contributed by atoms with E-state index in [1.54, 1.807) is 0 Å². The zero-order valence-electron chi connectivity index (χ0n) is 16.1. The molecule has 4 N–H and O–H groups in total. The van der Waals surface area contributed by atoms with Crippen LogP contribution >= 0.6 is 0 Å². The summed E-state index contributed by atoms with van der Waals surface area (Å²) in [5.41, 5.74) is 0.233. The highest BCUT2D eigenvalue weighted by molar-refractivity contribution is 6.14. The van der Waals surface area contributed by atoms with Crippen molar-refractivity contribution in [2.45, 2.75) is 31.2 Å². The van der Waals surface area contributed by atoms with Crippen LogP contribution in [0.15, 0.2) is 16.3 Å². The van der Waals surface area contributed by atoms with Gasteiger partial charge in [0.05, 0.1) is 31.4 Å². The first-order valence-electron chi connectivity index (χ1n) is 9.98. The average molecular weight is 397 g/mol. The molecule has 3 rings (SSSR count). The van der Waals surface area contributed by atoms with Gasteiger partial charge in [0.1, 0.15) is 18.0 Å². The van der Waals surface area contributed by atoms with Crippen molar-refractivity contribution in [1.29, 1.82) is 0 Å². The highest BCUT2D eigenvalue weighted by Crippen LogP contribution is 2.33. The van der Waals surface area contributed by atoms with Crippen LogP contribution in [0.3, 0.4) is 0 Å². The largest absolute Gasteiger partial charge is 0.511 e. The van der Waals surface area contributed by atoms with Crippen LogP contribution in [0, 0.1) is 5.92 Å². The summed E-state index contributed by atoms with van der Waals surface area (Å²) < 4.78 is 5.39. The number of ketones is 1.